The first kappa shape index (κ1) is 8.30. The highest BCUT2D eigenvalue weighted by atomic mass is 16.2. The lowest BCUT2D eigenvalue weighted by Crippen LogP contribution is -2.51. The van der Waals surface area contributed by atoms with E-state index in [-0.39, 0.29) is 17.9 Å². The van der Waals surface area contributed by atoms with Crippen LogP contribution in [0.25, 0.3) is 0 Å². The van der Waals surface area contributed by atoms with Gasteiger partial charge < -0.3 is 5.32 Å². The van der Waals surface area contributed by atoms with Crippen LogP contribution in [0.2, 0.25) is 0 Å². The first-order chi connectivity index (χ1) is 6.33. The molecule has 1 aromatic carbocycles. The molecule has 68 valence electrons. The predicted molar refractivity (Wildman–Crippen MR) is 51.1 cm³/mol. The monoisotopic (exact) mass is 175 g/mol. The predicted octanol–water partition coefficient (Wildman–Crippen LogP) is 1.88. The molecule has 0 unspecified atom stereocenters. The van der Waals surface area contributed by atoms with Gasteiger partial charge in [0.1, 0.15) is 0 Å². The van der Waals surface area contributed by atoms with Crippen molar-refractivity contribution in [3.05, 3.63) is 35.9 Å². The van der Waals surface area contributed by atoms with E-state index in [4.69, 9.17) is 0 Å². The third-order valence-corrected chi connectivity index (χ3v) is 2.64. The van der Waals surface area contributed by atoms with Gasteiger partial charge in [0.15, 0.2) is 0 Å². The van der Waals surface area contributed by atoms with E-state index in [2.05, 4.69) is 24.4 Å². The Labute approximate surface area is 78.0 Å². The van der Waals surface area contributed by atoms with Gasteiger partial charge in [-0.2, -0.15) is 0 Å². The molecule has 0 spiro atoms. The number of hydrogen-bond acceptors (Lipinski definition) is 1. The zero-order valence-corrected chi connectivity index (χ0v) is 7.66. The van der Waals surface area contributed by atoms with E-state index in [0.717, 1.165) is 6.42 Å². The summed E-state index contributed by atoms with van der Waals surface area (Å²) in [5, 5.41) is 2.92. The molecule has 2 heteroatoms. The average molecular weight is 175 g/mol. The normalized spacial score (nSPS) is 26.4. The Morgan fingerprint density at radius 3 is 2.54 bits per heavy atom. The molecule has 1 heterocycles. The van der Waals surface area contributed by atoms with E-state index < -0.39 is 0 Å². The van der Waals surface area contributed by atoms with Gasteiger partial charge in [-0.3, -0.25) is 4.79 Å². The minimum atomic E-state index is 0.183. The number of carbonyl (C=O) groups excluding carboxylic acids is 1. The van der Waals surface area contributed by atoms with Crippen LogP contribution < -0.4 is 5.32 Å². The fourth-order valence-electron chi connectivity index (χ4n) is 1.81. The molecule has 1 aliphatic rings. The van der Waals surface area contributed by atoms with Gasteiger partial charge >= 0.3 is 0 Å². The molecule has 2 atom stereocenters. The molecule has 2 rings (SSSR count). The summed E-state index contributed by atoms with van der Waals surface area (Å²) in [4.78, 5) is 11.1. The molecule has 1 aromatic rings. The number of amides is 1. The molecule has 1 amide bonds. The van der Waals surface area contributed by atoms with Crippen molar-refractivity contribution in [3.8, 4) is 0 Å². The van der Waals surface area contributed by atoms with Gasteiger partial charge in [-0.15, -0.1) is 0 Å². The lowest BCUT2D eigenvalue weighted by Gasteiger charge is -2.36. The maximum absolute atomic E-state index is 11.1. The maximum atomic E-state index is 11.1. The third kappa shape index (κ3) is 1.32. The molecular weight excluding hydrogens is 162 g/mol. The molecule has 13 heavy (non-hydrogen) atoms. The molecule has 0 aliphatic carbocycles. The summed E-state index contributed by atoms with van der Waals surface area (Å²) in [6.45, 7) is 2.05. The van der Waals surface area contributed by atoms with Crippen LogP contribution in [-0.4, -0.2) is 5.91 Å². The number of carbonyl (C=O) groups is 1. The zero-order valence-electron chi connectivity index (χ0n) is 7.66. The first-order valence-corrected chi connectivity index (χ1v) is 4.68. The SMILES string of the molecule is CC[C@H]1C(=O)N[C@@H]1c1ccccc1. The smallest absolute Gasteiger partial charge is 0.226 e. The van der Waals surface area contributed by atoms with Gasteiger partial charge in [-0.25, -0.2) is 0 Å². The largest absolute Gasteiger partial charge is 0.348 e. The molecule has 0 saturated carbocycles. The lowest BCUT2D eigenvalue weighted by atomic mass is 9.83. The van der Waals surface area contributed by atoms with Crippen LogP contribution in [0.3, 0.4) is 0 Å². The molecule has 1 saturated heterocycles. The number of nitrogens with one attached hydrogen (secondary N) is 1. The van der Waals surface area contributed by atoms with Crippen LogP contribution >= 0.6 is 0 Å². The van der Waals surface area contributed by atoms with Gasteiger partial charge in [0.25, 0.3) is 0 Å². The quantitative estimate of drug-likeness (QED) is 0.683. The molecule has 1 fully saturated rings. The van der Waals surface area contributed by atoms with E-state index in [0.29, 0.717) is 0 Å². The molecule has 1 N–H and O–H groups in total. The number of benzene rings is 1. The van der Waals surface area contributed by atoms with Crippen LogP contribution in [0, 0.1) is 5.92 Å². The highest BCUT2D eigenvalue weighted by Crippen LogP contribution is 2.32. The second-order valence-electron chi connectivity index (χ2n) is 3.41. The zero-order chi connectivity index (χ0) is 9.26. The Balaban J connectivity index is 2.16. The van der Waals surface area contributed by atoms with Crippen LogP contribution in [0.15, 0.2) is 30.3 Å². The Bertz CT molecular complexity index is 307. The molecule has 2 nitrogen and oxygen atoms in total. The van der Waals surface area contributed by atoms with Crippen molar-refractivity contribution in [2.75, 3.05) is 0 Å². The molecule has 0 bridgehead atoms. The number of rotatable bonds is 2. The first-order valence-electron chi connectivity index (χ1n) is 4.68. The van der Waals surface area contributed by atoms with Gasteiger partial charge in [0.2, 0.25) is 5.91 Å². The van der Waals surface area contributed by atoms with E-state index in [1.54, 1.807) is 0 Å². The summed E-state index contributed by atoms with van der Waals surface area (Å²) in [6.07, 6.45) is 0.922. The highest BCUT2D eigenvalue weighted by molar-refractivity contribution is 5.86. The average Bonchev–Trinajstić information content (AvgIpc) is 2.16. The Morgan fingerprint density at radius 2 is 2.00 bits per heavy atom. The molecular formula is C11H13NO. The summed E-state index contributed by atoms with van der Waals surface area (Å²) in [5.41, 5.74) is 1.22. The summed E-state index contributed by atoms with van der Waals surface area (Å²) < 4.78 is 0. The summed E-state index contributed by atoms with van der Waals surface area (Å²) in [7, 11) is 0. The third-order valence-electron chi connectivity index (χ3n) is 2.64. The Hall–Kier alpha value is -1.31. The van der Waals surface area contributed by atoms with Gasteiger partial charge in [0, 0.05) is 0 Å². The van der Waals surface area contributed by atoms with Crippen molar-refractivity contribution in [2.45, 2.75) is 19.4 Å². The minimum absolute atomic E-state index is 0.183. The standard InChI is InChI=1S/C11H13NO/c1-2-9-10(12-11(9)13)8-6-4-3-5-7-8/h3-7,9-10H,2H2,1H3,(H,12,13)/t9-,10-/m1/s1. The second-order valence-corrected chi connectivity index (χ2v) is 3.41. The molecule has 0 radical (unpaired) electrons. The van der Waals surface area contributed by atoms with Gasteiger partial charge in [-0.1, -0.05) is 37.3 Å². The fourth-order valence-corrected chi connectivity index (χ4v) is 1.81. The van der Waals surface area contributed by atoms with Crippen molar-refractivity contribution in [2.24, 2.45) is 5.92 Å². The van der Waals surface area contributed by atoms with Gasteiger partial charge in [-0.05, 0) is 12.0 Å². The van der Waals surface area contributed by atoms with Crippen LogP contribution in [-0.2, 0) is 4.79 Å². The van der Waals surface area contributed by atoms with Crippen molar-refractivity contribution in [3.63, 3.8) is 0 Å². The summed E-state index contributed by atoms with van der Waals surface area (Å²) in [5.74, 6) is 0.374. The van der Waals surface area contributed by atoms with Gasteiger partial charge in [0.05, 0.1) is 12.0 Å². The molecule has 0 aromatic heterocycles. The fraction of sp³-hybridized carbons (Fsp3) is 0.364. The van der Waals surface area contributed by atoms with Crippen molar-refractivity contribution in [1.82, 2.24) is 5.32 Å². The van der Waals surface area contributed by atoms with E-state index in [9.17, 15) is 4.79 Å². The van der Waals surface area contributed by atoms with Crippen LogP contribution in [0.5, 0.6) is 0 Å². The van der Waals surface area contributed by atoms with Crippen molar-refractivity contribution < 1.29 is 4.79 Å². The highest BCUT2D eigenvalue weighted by Gasteiger charge is 2.38. The summed E-state index contributed by atoms with van der Waals surface area (Å²) >= 11 is 0. The second kappa shape index (κ2) is 3.21. The summed E-state index contributed by atoms with van der Waals surface area (Å²) in [6, 6.07) is 10.4. The van der Waals surface area contributed by atoms with E-state index >= 15 is 0 Å². The Kier molecular flexibility index (Phi) is 2.05. The Morgan fingerprint density at radius 1 is 1.31 bits per heavy atom. The van der Waals surface area contributed by atoms with Crippen molar-refractivity contribution >= 4 is 5.91 Å². The lowest BCUT2D eigenvalue weighted by molar-refractivity contribution is -0.135. The van der Waals surface area contributed by atoms with Crippen LogP contribution in [0.1, 0.15) is 24.9 Å². The minimum Gasteiger partial charge on any atom is -0.348 e. The van der Waals surface area contributed by atoms with Crippen LogP contribution in [0.4, 0.5) is 0 Å². The molecule has 1 aliphatic heterocycles. The van der Waals surface area contributed by atoms with E-state index in [1.807, 2.05) is 18.2 Å². The van der Waals surface area contributed by atoms with Crippen molar-refractivity contribution in [1.29, 1.82) is 0 Å². The number of β-lactam (4-membered cyclic amide) rings is 1. The topological polar surface area (TPSA) is 29.1 Å². The maximum Gasteiger partial charge on any atom is 0.226 e. The number of hydrogen-bond donors (Lipinski definition) is 1. The van der Waals surface area contributed by atoms with E-state index in [1.165, 1.54) is 5.56 Å².